The fourth-order valence-electron chi connectivity index (χ4n) is 3.25. The molecule has 1 atom stereocenters. The average molecular weight is 367 g/mol. The molecule has 2 N–H and O–H groups in total. The van der Waals surface area contributed by atoms with Gasteiger partial charge in [0.05, 0.1) is 23.7 Å². The van der Waals surface area contributed by atoms with Crippen LogP contribution in [0.15, 0.2) is 29.2 Å². The van der Waals surface area contributed by atoms with Crippen LogP contribution in [-0.2, 0) is 14.8 Å². The van der Waals surface area contributed by atoms with Gasteiger partial charge in [-0.05, 0) is 44.0 Å². The first-order chi connectivity index (χ1) is 12.1. The van der Waals surface area contributed by atoms with E-state index in [0.717, 1.165) is 25.9 Å². The molecular weight excluding hydrogens is 342 g/mol. The SMILES string of the molecule is O=C(NCCC1CCNC1)c1ccccc1S(=O)(=O)N1CCOCC1. The number of hydrogen-bond donors (Lipinski definition) is 2. The fourth-order valence-corrected chi connectivity index (χ4v) is 4.85. The van der Waals surface area contributed by atoms with Crippen molar-refractivity contribution in [2.45, 2.75) is 17.7 Å². The van der Waals surface area contributed by atoms with E-state index in [1.165, 1.54) is 10.4 Å². The molecule has 25 heavy (non-hydrogen) atoms. The van der Waals surface area contributed by atoms with Gasteiger partial charge in [0.25, 0.3) is 5.91 Å². The lowest BCUT2D eigenvalue weighted by Gasteiger charge is -2.26. The lowest BCUT2D eigenvalue weighted by molar-refractivity contribution is 0.0730. The van der Waals surface area contributed by atoms with Crippen LogP contribution in [0.2, 0.25) is 0 Å². The Hall–Kier alpha value is -1.48. The first-order valence-corrected chi connectivity index (χ1v) is 10.2. The van der Waals surface area contributed by atoms with Crippen LogP contribution in [0.25, 0.3) is 0 Å². The summed E-state index contributed by atoms with van der Waals surface area (Å²) in [5.74, 6) is 0.242. The number of morpholine rings is 1. The summed E-state index contributed by atoms with van der Waals surface area (Å²) in [7, 11) is -3.70. The Balaban J connectivity index is 1.70. The molecule has 0 saturated carbocycles. The van der Waals surface area contributed by atoms with Gasteiger partial charge in [-0.25, -0.2) is 8.42 Å². The monoisotopic (exact) mass is 367 g/mol. The first kappa shape index (κ1) is 18.3. The number of rotatable bonds is 6. The zero-order valence-corrected chi connectivity index (χ0v) is 15.1. The molecular formula is C17H25N3O4S. The van der Waals surface area contributed by atoms with Crippen molar-refractivity contribution in [1.29, 1.82) is 0 Å². The highest BCUT2D eigenvalue weighted by Crippen LogP contribution is 2.21. The maximum absolute atomic E-state index is 12.9. The van der Waals surface area contributed by atoms with Crippen molar-refractivity contribution in [3.8, 4) is 0 Å². The standard InChI is InChI=1S/C17H25N3O4S/c21-17(19-8-6-14-5-7-18-13-14)15-3-1-2-4-16(15)25(22,23)20-9-11-24-12-10-20/h1-4,14,18H,5-13H2,(H,19,21). The molecule has 7 nitrogen and oxygen atoms in total. The molecule has 2 aliphatic heterocycles. The normalized spacial score (nSPS) is 22.0. The Bertz CT molecular complexity index is 696. The van der Waals surface area contributed by atoms with E-state index in [1.54, 1.807) is 18.2 Å². The Morgan fingerprint density at radius 1 is 1.28 bits per heavy atom. The number of sulfonamides is 1. The van der Waals surface area contributed by atoms with Crippen molar-refractivity contribution in [3.63, 3.8) is 0 Å². The van der Waals surface area contributed by atoms with Gasteiger partial charge in [0, 0.05) is 19.6 Å². The third kappa shape index (κ3) is 4.38. The highest BCUT2D eigenvalue weighted by molar-refractivity contribution is 7.89. The van der Waals surface area contributed by atoms with Gasteiger partial charge >= 0.3 is 0 Å². The Labute approximate surface area is 148 Å². The lowest BCUT2D eigenvalue weighted by Crippen LogP contribution is -2.41. The number of benzene rings is 1. The molecule has 138 valence electrons. The summed E-state index contributed by atoms with van der Waals surface area (Å²) in [4.78, 5) is 12.6. The van der Waals surface area contributed by atoms with Gasteiger partial charge in [-0.3, -0.25) is 4.79 Å². The molecule has 0 bridgehead atoms. The van der Waals surface area contributed by atoms with E-state index in [-0.39, 0.29) is 16.4 Å². The molecule has 1 aromatic rings. The van der Waals surface area contributed by atoms with Gasteiger partial charge in [-0.15, -0.1) is 0 Å². The Morgan fingerprint density at radius 2 is 2.04 bits per heavy atom. The second-order valence-corrected chi connectivity index (χ2v) is 8.32. The number of nitrogens with zero attached hydrogens (tertiary/aromatic N) is 1. The second-order valence-electron chi connectivity index (χ2n) is 6.42. The lowest BCUT2D eigenvalue weighted by atomic mass is 10.1. The van der Waals surface area contributed by atoms with E-state index in [9.17, 15) is 13.2 Å². The van der Waals surface area contributed by atoms with Crippen LogP contribution in [0.1, 0.15) is 23.2 Å². The van der Waals surface area contributed by atoms with Crippen LogP contribution in [0.4, 0.5) is 0 Å². The van der Waals surface area contributed by atoms with Crippen LogP contribution in [-0.4, -0.2) is 64.6 Å². The summed E-state index contributed by atoms with van der Waals surface area (Å²) in [6, 6.07) is 6.41. The molecule has 0 radical (unpaired) electrons. The molecule has 1 amide bonds. The molecule has 2 aliphatic rings. The van der Waals surface area contributed by atoms with E-state index >= 15 is 0 Å². The molecule has 2 saturated heterocycles. The van der Waals surface area contributed by atoms with Crippen molar-refractivity contribution in [1.82, 2.24) is 14.9 Å². The molecule has 0 aliphatic carbocycles. The van der Waals surface area contributed by atoms with Gasteiger partial charge in [-0.1, -0.05) is 12.1 Å². The summed E-state index contributed by atoms with van der Waals surface area (Å²) in [5, 5.41) is 6.17. The summed E-state index contributed by atoms with van der Waals surface area (Å²) in [6.45, 7) is 3.94. The predicted octanol–water partition coefficient (Wildman–Crippen LogP) is 0.437. The number of hydrogen-bond acceptors (Lipinski definition) is 5. The third-order valence-electron chi connectivity index (χ3n) is 4.72. The zero-order chi connectivity index (χ0) is 17.7. The number of nitrogens with one attached hydrogen (secondary N) is 2. The largest absolute Gasteiger partial charge is 0.379 e. The van der Waals surface area contributed by atoms with E-state index in [1.807, 2.05) is 0 Å². The minimum absolute atomic E-state index is 0.0666. The van der Waals surface area contributed by atoms with Gasteiger partial charge in [0.2, 0.25) is 10.0 Å². The second kappa shape index (κ2) is 8.27. The Morgan fingerprint density at radius 3 is 2.76 bits per heavy atom. The van der Waals surface area contributed by atoms with E-state index in [4.69, 9.17) is 4.74 Å². The minimum atomic E-state index is -3.70. The quantitative estimate of drug-likeness (QED) is 0.762. The van der Waals surface area contributed by atoms with Crippen molar-refractivity contribution in [2.75, 3.05) is 45.9 Å². The van der Waals surface area contributed by atoms with Crippen LogP contribution >= 0.6 is 0 Å². The smallest absolute Gasteiger partial charge is 0.252 e. The molecule has 2 fully saturated rings. The topological polar surface area (TPSA) is 87.7 Å². The van der Waals surface area contributed by atoms with Crippen LogP contribution in [0, 0.1) is 5.92 Å². The summed E-state index contributed by atoms with van der Waals surface area (Å²) in [6.07, 6.45) is 2.02. The van der Waals surface area contributed by atoms with Gasteiger partial charge in [0.15, 0.2) is 0 Å². The molecule has 0 spiro atoms. The molecule has 1 aromatic carbocycles. The van der Waals surface area contributed by atoms with Gasteiger partial charge in [-0.2, -0.15) is 4.31 Å². The van der Waals surface area contributed by atoms with E-state index in [0.29, 0.717) is 38.8 Å². The van der Waals surface area contributed by atoms with Crippen molar-refractivity contribution >= 4 is 15.9 Å². The summed E-state index contributed by atoms with van der Waals surface area (Å²) in [5.41, 5.74) is 0.207. The number of carbonyl (C=O) groups is 1. The summed E-state index contributed by atoms with van der Waals surface area (Å²) < 4.78 is 32.4. The van der Waals surface area contributed by atoms with Crippen LogP contribution in [0.3, 0.4) is 0 Å². The number of ether oxygens (including phenoxy) is 1. The van der Waals surface area contributed by atoms with Crippen molar-refractivity contribution in [2.24, 2.45) is 5.92 Å². The molecule has 8 heteroatoms. The highest BCUT2D eigenvalue weighted by atomic mass is 32.2. The van der Waals surface area contributed by atoms with Gasteiger partial charge in [0.1, 0.15) is 0 Å². The molecule has 2 heterocycles. The highest BCUT2D eigenvalue weighted by Gasteiger charge is 2.30. The summed E-state index contributed by atoms with van der Waals surface area (Å²) >= 11 is 0. The number of amides is 1. The van der Waals surface area contributed by atoms with E-state index < -0.39 is 10.0 Å². The molecule has 0 aromatic heterocycles. The fraction of sp³-hybridized carbons (Fsp3) is 0.588. The third-order valence-corrected chi connectivity index (χ3v) is 6.68. The van der Waals surface area contributed by atoms with Crippen molar-refractivity contribution in [3.05, 3.63) is 29.8 Å². The minimum Gasteiger partial charge on any atom is -0.379 e. The first-order valence-electron chi connectivity index (χ1n) is 8.75. The Kier molecular flexibility index (Phi) is 6.06. The maximum Gasteiger partial charge on any atom is 0.252 e. The zero-order valence-electron chi connectivity index (χ0n) is 14.2. The van der Waals surface area contributed by atoms with Crippen LogP contribution in [0.5, 0.6) is 0 Å². The van der Waals surface area contributed by atoms with Crippen molar-refractivity contribution < 1.29 is 17.9 Å². The maximum atomic E-state index is 12.9. The average Bonchev–Trinajstić information content (AvgIpc) is 3.16. The van der Waals surface area contributed by atoms with Gasteiger partial charge < -0.3 is 15.4 Å². The number of carbonyl (C=O) groups excluding carboxylic acids is 1. The predicted molar refractivity (Wildman–Crippen MR) is 93.9 cm³/mol. The van der Waals surface area contributed by atoms with Crippen LogP contribution < -0.4 is 10.6 Å². The molecule has 3 rings (SSSR count). The molecule has 1 unspecified atom stereocenters. The van der Waals surface area contributed by atoms with E-state index in [2.05, 4.69) is 10.6 Å².